The first kappa shape index (κ1) is 13.1. The maximum Gasteiger partial charge on any atom is 0.255 e. The summed E-state index contributed by atoms with van der Waals surface area (Å²) in [6.45, 7) is 0.513. The van der Waals surface area contributed by atoms with Crippen molar-refractivity contribution in [3.8, 4) is 5.88 Å². The maximum atomic E-state index is 12.2. The average Bonchev–Trinajstić information content (AvgIpc) is 2.83. The van der Waals surface area contributed by atoms with Gasteiger partial charge in [0.1, 0.15) is 0 Å². The molecule has 0 saturated carbocycles. The van der Waals surface area contributed by atoms with E-state index >= 15 is 0 Å². The molecule has 0 saturated heterocycles. The molecule has 1 amide bonds. The van der Waals surface area contributed by atoms with Crippen molar-refractivity contribution in [2.45, 2.75) is 6.54 Å². The van der Waals surface area contributed by atoms with E-state index in [4.69, 9.17) is 4.74 Å². The highest BCUT2D eigenvalue weighted by Crippen LogP contribution is 2.10. The first-order valence-corrected chi connectivity index (χ1v) is 5.83. The van der Waals surface area contributed by atoms with Crippen LogP contribution < -0.4 is 4.74 Å². The Morgan fingerprint density at radius 2 is 2.21 bits per heavy atom. The lowest BCUT2D eigenvalue weighted by Gasteiger charge is -2.16. The molecule has 0 aliphatic heterocycles. The van der Waals surface area contributed by atoms with E-state index in [9.17, 15) is 4.79 Å². The third-order valence-electron chi connectivity index (χ3n) is 2.72. The minimum Gasteiger partial charge on any atom is -0.481 e. The molecular formula is C13H16N4O2. The lowest BCUT2D eigenvalue weighted by molar-refractivity contribution is 0.0784. The van der Waals surface area contributed by atoms with Crippen molar-refractivity contribution in [3.63, 3.8) is 0 Å². The topological polar surface area (TPSA) is 60.2 Å². The second-order valence-corrected chi connectivity index (χ2v) is 4.27. The van der Waals surface area contributed by atoms with Crippen LogP contribution in [0.25, 0.3) is 0 Å². The van der Waals surface area contributed by atoms with E-state index in [0.717, 1.165) is 5.56 Å². The molecule has 6 nitrogen and oxygen atoms in total. The van der Waals surface area contributed by atoms with Crippen molar-refractivity contribution >= 4 is 5.91 Å². The van der Waals surface area contributed by atoms with Gasteiger partial charge in [-0.05, 0) is 6.07 Å². The predicted molar refractivity (Wildman–Crippen MR) is 69.8 cm³/mol. The number of rotatable bonds is 4. The molecule has 0 radical (unpaired) electrons. The molecule has 0 aliphatic rings. The summed E-state index contributed by atoms with van der Waals surface area (Å²) in [7, 11) is 5.14. The largest absolute Gasteiger partial charge is 0.481 e. The number of aryl methyl sites for hydroxylation is 1. The molecule has 6 heteroatoms. The fourth-order valence-corrected chi connectivity index (χ4v) is 1.75. The lowest BCUT2D eigenvalue weighted by atomic mass is 10.2. The maximum absolute atomic E-state index is 12.2. The van der Waals surface area contributed by atoms with Gasteiger partial charge in [0, 0.05) is 44.7 Å². The second kappa shape index (κ2) is 5.51. The Labute approximate surface area is 111 Å². The van der Waals surface area contributed by atoms with Gasteiger partial charge in [-0.15, -0.1) is 0 Å². The van der Waals surface area contributed by atoms with Crippen molar-refractivity contribution in [2.24, 2.45) is 7.05 Å². The number of nitrogens with zero attached hydrogens (tertiary/aromatic N) is 4. The van der Waals surface area contributed by atoms with Gasteiger partial charge < -0.3 is 9.64 Å². The zero-order valence-electron chi connectivity index (χ0n) is 11.2. The van der Waals surface area contributed by atoms with E-state index in [1.807, 2.05) is 13.2 Å². The first-order chi connectivity index (χ1) is 9.10. The molecule has 2 aromatic heterocycles. The van der Waals surface area contributed by atoms with E-state index in [-0.39, 0.29) is 5.91 Å². The SMILES string of the molecule is COc1ccc(C(=O)N(C)Cc2cnn(C)c2)cn1. The zero-order chi connectivity index (χ0) is 13.8. The smallest absolute Gasteiger partial charge is 0.255 e. The quantitative estimate of drug-likeness (QED) is 0.825. The van der Waals surface area contributed by atoms with Gasteiger partial charge in [0.05, 0.1) is 18.9 Å². The van der Waals surface area contributed by atoms with Crippen LogP contribution in [0.4, 0.5) is 0 Å². The molecule has 0 fully saturated rings. The molecule has 2 aromatic rings. The summed E-state index contributed by atoms with van der Waals surface area (Å²) in [5, 5.41) is 4.07. The van der Waals surface area contributed by atoms with Crippen LogP contribution >= 0.6 is 0 Å². The Balaban J connectivity index is 2.05. The molecule has 0 unspecified atom stereocenters. The number of aromatic nitrogens is 3. The summed E-state index contributed by atoms with van der Waals surface area (Å²) in [5.41, 5.74) is 1.52. The van der Waals surface area contributed by atoms with E-state index in [1.165, 1.54) is 6.20 Å². The van der Waals surface area contributed by atoms with Gasteiger partial charge in [-0.25, -0.2) is 4.98 Å². The van der Waals surface area contributed by atoms with Gasteiger partial charge >= 0.3 is 0 Å². The monoisotopic (exact) mass is 260 g/mol. The molecule has 0 bridgehead atoms. The predicted octanol–water partition coefficient (Wildman–Crippen LogP) is 1.10. The molecule has 0 aliphatic carbocycles. The van der Waals surface area contributed by atoms with Crippen LogP contribution in [0.1, 0.15) is 15.9 Å². The van der Waals surface area contributed by atoms with Gasteiger partial charge in [-0.1, -0.05) is 0 Å². The molecular weight excluding hydrogens is 244 g/mol. The molecule has 0 atom stereocenters. The molecule has 0 aromatic carbocycles. The molecule has 0 N–H and O–H groups in total. The summed E-state index contributed by atoms with van der Waals surface area (Å²) >= 11 is 0. The fourth-order valence-electron chi connectivity index (χ4n) is 1.75. The fraction of sp³-hybridized carbons (Fsp3) is 0.308. The van der Waals surface area contributed by atoms with Gasteiger partial charge in [0.25, 0.3) is 5.91 Å². The number of ether oxygens (including phenoxy) is 1. The Morgan fingerprint density at radius 3 is 2.74 bits per heavy atom. The number of carbonyl (C=O) groups is 1. The number of amides is 1. The highest BCUT2D eigenvalue weighted by molar-refractivity contribution is 5.93. The van der Waals surface area contributed by atoms with E-state index < -0.39 is 0 Å². The summed E-state index contributed by atoms with van der Waals surface area (Å²) < 4.78 is 6.67. The van der Waals surface area contributed by atoms with Gasteiger partial charge in [-0.2, -0.15) is 5.10 Å². The van der Waals surface area contributed by atoms with Crippen LogP contribution in [0.2, 0.25) is 0 Å². The zero-order valence-corrected chi connectivity index (χ0v) is 11.2. The molecule has 0 spiro atoms. The molecule has 2 heterocycles. The first-order valence-electron chi connectivity index (χ1n) is 5.83. The number of carbonyl (C=O) groups excluding carboxylic acids is 1. The highest BCUT2D eigenvalue weighted by Gasteiger charge is 2.13. The van der Waals surface area contributed by atoms with Crippen molar-refractivity contribution in [2.75, 3.05) is 14.2 Å². The van der Waals surface area contributed by atoms with E-state index in [1.54, 1.807) is 42.1 Å². The highest BCUT2D eigenvalue weighted by atomic mass is 16.5. The average molecular weight is 260 g/mol. The summed E-state index contributed by atoms with van der Waals surface area (Å²) in [6.07, 6.45) is 5.15. The Kier molecular flexibility index (Phi) is 3.79. The Bertz CT molecular complexity index is 562. The number of hydrogen-bond acceptors (Lipinski definition) is 4. The standard InChI is InChI=1S/C13H16N4O2/c1-16(8-10-6-15-17(2)9-10)13(18)11-4-5-12(19-3)14-7-11/h4-7,9H,8H2,1-3H3. The second-order valence-electron chi connectivity index (χ2n) is 4.27. The molecule has 2 rings (SSSR count). The van der Waals surface area contributed by atoms with Crippen LogP contribution in [0.5, 0.6) is 5.88 Å². The van der Waals surface area contributed by atoms with Gasteiger partial charge in [0.2, 0.25) is 5.88 Å². The van der Waals surface area contributed by atoms with Crippen molar-refractivity contribution < 1.29 is 9.53 Å². The number of pyridine rings is 1. The Morgan fingerprint density at radius 1 is 1.42 bits per heavy atom. The van der Waals surface area contributed by atoms with Gasteiger partial charge in [0.15, 0.2) is 0 Å². The van der Waals surface area contributed by atoms with Crippen molar-refractivity contribution in [3.05, 3.63) is 41.9 Å². The summed E-state index contributed by atoms with van der Waals surface area (Å²) in [6, 6.07) is 3.37. The van der Waals surface area contributed by atoms with Crippen LogP contribution in [0, 0.1) is 0 Å². The molecule has 19 heavy (non-hydrogen) atoms. The number of hydrogen-bond donors (Lipinski definition) is 0. The summed E-state index contributed by atoms with van der Waals surface area (Å²) in [4.78, 5) is 17.8. The minimum absolute atomic E-state index is 0.0843. The Hall–Kier alpha value is -2.37. The number of methoxy groups -OCH3 is 1. The normalized spacial score (nSPS) is 10.3. The van der Waals surface area contributed by atoms with Crippen molar-refractivity contribution in [1.82, 2.24) is 19.7 Å². The van der Waals surface area contributed by atoms with E-state index in [2.05, 4.69) is 10.1 Å². The minimum atomic E-state index is -0.0843. The third kappa shape index (κ3) is 3.09. The summed E-state index contributed by atoms with van der Waals surface area (Å²) in [5.74, 6) is 0.408. The van der Waals surface area contributed by atoms with E-state index in [0.29, 0.717) is 18.0 Å². The molecule has 100 valence electrons. The van der Waals surface area contributed by atoms with Crippen LogP contribution in [-0.2, 0) is 13.6 Å². The van der Waals surface area contributed by atoms with Crippen LogP contribution in [-0.4, -0.2) is 39.7 Å². The van der Waals surface area contributed by atoms with Crippen molar-refractivity contribution in [1.29, 1.82) is 0 Å². The lowest BCUT2D eigenvalue weighted by Crippen LogP contribution is -2.26. The van der Waals surface area contributed by atoms with Crippen LogP contribution in [0.3, 0.4) is 0 Å². The van der Waals surface area contributed by atoms with Crippen LogP contribution in [0.15, 0.2) is 30.7 Å². The third-order valence-corrected chi connectivity index (χ3v) is 2.72. The van der Waals surface area contributed by atoms with Gasteiger partial charge in [-0.3, -0.25) is 9.48 Å².